The number of hydrogen-bond donors (Lipinski definition) is 2. The van der Waals surface area contributed by atoms with Gasteiger partial charge in [-0.15, -0.1) is 0 Å². The molecule has 0 radical (unpaired) electrons. The Morgan fingerprint density at radius 2 is 1.95 bits per heavy atom. The van der Waals surface area contributed by atoms with Gasteiger partial charge >= 0.3 is 0 Å². The summed E-state index contributed by atoms with van der Waals surface area (Å²) in [5, 5.41) is 3.05. The number of benzene rings is 2. The minimum Gasteiger partial charge on any atom is -0.495 e. The first-order valence-electron chi connectivity index (χ1n) is 5.67. The summed E-state index contributed by atoms with van der Waals surface area (Å²) in [5.41, 5.74) is 8.40. The Bertz CT molecular complexity index is 617. The molecule has 0 spiro atoms. The number of rotatable bonds is 3. The van der Waals surface area contributed by atoms with Gasteiger partial charge in [0.05, 0.1) is 29.2 Å². The average molecular weight is 281 g/mol. The number of halogens is 2. The van der Waals surface area contributed by atoms with Gasteiger partial charge in [0.2, 0.25) is 0 Å². The summed E-state index contributed by atoms with van der Waals surface area (Å²) in [6.07, 6.45) is 0. The second kappa shape index (κ2) is 5.36. The highest BCUT2D eigenvalue weighted by atomic mass is 35.5. The molecular weight excluding hydrogens is 267 g/mol. The molecule has 0 fully saturated rings. The van der Waals surface area contributed by atoms with Gasteiger partial charge < -0.3 is 15.8 Å². The van der Waals surface area contributed by atoms with Crippen LogP contribution < -0.4 is 15.8 Å². The molecule has 19 heavy (non-hydrogen) atoms. The maximum atomic E-state index is 13.5. The Kier molecular flexibility index (Phi) is 3.81. The zero-order valence-electron chi connectivity index (χ0n) is 10.6. The Hall–Kier alpha value is -1.94. The minimum atomic E-state index is -0.523. The van der Waals surface area contributed by atoms with Gasteiger partial charge in [-0.1, -0.05) is 17.7 Å². The molecule has 2 aromatic carbocycles. The van der Waals surface area contributed by atoms with Crippen molar-refractivity contribution in [2.75, 3.05) is 18.2 Å². The van der Waals surface area contributed by atoms with Crippen molar-refractivity contribution in [1.29, 1.82) is 0 Å². The first-order valence-corrected chi connectivity index (χ1v) is 6.05. The third kappa shape index (κ3) is 2.90. The molecule has 0 aliphatic carbocycles. The quantitative estimate of drug-likeness (QED) is 0.831. The highest BCUT2D eigenvalue weighted by molar-refractivity contribution is 6.31. The summed E-state index contributed by atoms with van der Waals surface area (Å²) in [6, 6.07) is 8.29. The predicted octanol–water partition coefficient (Wildman–Crippen LogP) is 4.12. The summed E-state index contributed by atoms with van der Waals surface area (Å²) >= 11 is 5.67. The van der Waals surface area contributed by atoms with Crippen molar-refractivity contribution < 1.29 is 9.13 Å². The Morgan fingerprint density at radius 1 is 1.21 bits per heavy atom. The first kappa shape index (κ1) is 13.5. The molecule has 0 aliphatic rings. The lowest BCUT2D eigenvalue weighted by molar-refractivity contribution is 0.416. The summed E-state index contributed by atoms with van der Waals surface area (Å²) in [5.74, 6) is 0.130. The topological polar surface area (TPSA) is 47.3 Å². The van der Waals surface area contributed by atoms with E-state index in [-0.39, 0.29) is 5.02 Å². The van der Waals surface area contributed by atoms with E-state index in [1.54, 1.807) is 7.11 Å². The third-order valence-corrected chi connectivity index (χ3v) is 3.01. The van der Waals surface area contributed by atoms with Crippen LogP contribution in [0.25, 0.3) is 0 Å². The van der Waals surface area contributed by atoms with E-state index >= 15 is 0 Å². The van der Waals surface area contributed by atoms with Gasteiger partial charge in [0.1, 0.15) is 11.6 Å². The lowest BCUT2D eigenvalue weighted by atomic mass is 10.2. The van der Waals surface area contributed by atoms with Crippen LogP contribution in [0, 0.1) is 12.7 Å². The van der Waals surface area contributed by atoms with Crippen LogP contribution in [0.1, 0.15) is 5.56 Å². The van der Waals surface area contributed by atoms with Gasteiger partial charge in [-0.3, -0.25) is 0 Å². The Balaban J connectivity index is 2.41. The molecule has 0 heterocycles. The fourth-order valence-corrected chi connectivity index (χ4v) is 1.91. The van der Waals surface area contributed by atoms with E-state index in [0.717, 1.165) is 11.3 Å². The van der Waals surface area contributed by atoms with E-state index in [9.17, 15) is 4.39 Å². The summed E-state index contributed by atoms with van der Waals surface area (Å²) < 4.78 is 18.7. The van der Waals surface area contributed by atoms with Crippen molar-refractivity contribution in [1.82, 2.24) is 0 Å². The standard InChI is InChI=1S/C14H14ClFN2O/c1-8-3-4-14(19-2)13(5-8)18-12-7-10(16)9(15)6-11(12)17/h3-7,18H,17H2,1-2H3. The predicted molar refractivity (Wildman–Crippen MR) is 76.8 cm³/mol. The van der Waals surface area contributed by atoms with E-state index in [1.807, 2.05) is 25.1 Å². The van der Waals surface area contributed by atoms with Crippen molar-refractivity contribution in [3.63, 3.8) is 0 Å². The van der Waals surface area contributed by atoms with Gasteiger partial charge in [0.15, 0.2) is 0 Å². The van der Waals surface area contributed by atoms with Crippen molar-refractivity contribution in [3.05, 3.63) is 46.7 Å². The molecule has 0 aromatic heterocycles. The zero-order valence-corrected chi connectivity index (χ0v) is 11.4. The van der Waals surface area contributed by atoms with E-state index in [4.69, 9.17) is 22.1 Å². The lowest BCUT2D eigenvalue weighted by Crippen LogP contribution is -2.00. The molecule has 0 bridgehead atoms. The molecule has 5 heteroatoms. The fourth-order valence-electron chi connectivity index (χ4n) is 1.74. The maximum Gasteiger partial charge on any atom is 0.144 e. The third-order valence-electron chi connectivity index (χ3n) is 2.72. The van der Waals surface area contributed by atoms with Crippen molar-refractivity contribution in [3.8, 4) is 5.75 Å². The van der Waals surface area contributed by atoms with Gasteiger partial charge in [-0.2, -0.15) is 0 Å². The van der Waals surface area contributed by atoms with Crippen LogP contribution in [0.5, 0.6) is 5.75 Å². The van der Waals surface area contributed by atoms with Gasteiger partial charge in [-0.05, 0) is 30.7 Å². The molecule has 0 aliphatic heterocycles. The highest BCUT2D eigenvalue weighted by Crippen LogP contribution is 2.33. The molecule has 0 saturated heterocycles. The van der Waals surface area contributed by atoms with Crippen LogP contribution in [-0.2, 0) is 0 Å². The lowest BCUT2D eigenvalue weighted by Gasteiger charge is -2.14. The number of nitrogen functional groups attached to an aromatic ring is 1. The normalized spacial score (nSPS) is 10.3. The maximum absolute atomic E-state index is 13.5. The second-order valence-electron chi connectivity index (χ2n) is 4.18. The van der Waals surface area contributed by atoms with E-state index < -0.39 is 5.82 Å². The van der Waals surface area contributed by atoms with Gasteiger partial charge in [0, 0.05) is 6.07 Å². The highest BCUT2D eigenvalue weighted by Gasteiger charge is 2.09. The van der Waals surface area contributed by atoms with Crippen molar-refractivity contribution in [2.24, 2.45) is 0 Å². The van der Waals surface area contributed by atoms with E-state index in [1.165, 1.54) is 12.1 Å². The summed E-state index contributed by atoms with van der Waals surface area (Å²) in [7, 11) is 1.57. The number of ether oxygens (including phenoxy) is 1. The number of aryl methyl sites for hydroxylation is 1. The van der Waals surface area contributed by atoms with Crippen LogP contribution in [0.2, 0.25) is 5.02 Å². The molecule has 0 atom stereocenters. The summed E-state index contributed by atoms with van der Waals surface area (Å²) in [4.78, 5) is 0. The first-order chi connectivity index (χ1) is 9.01. The van der Waals surface area contributed by atoms with Crippen LogP contribution in [0.3, 0.4) is 0 Å². The largest absolute Gasteiger partial charge is 0.495 e. The number of nitrogens with two attached hydrogens (primary N) is 1. The van der Waals surface area contributed by atoms with Crippen molar-refractivity contribution in [2.45, 2.75) is 6.92 Å². The number of methoxy groups -OCH3 is 1. The molecule has 100 valence electrons. The van der Waals surface area contributed by atoms with Crippen molar-refractivity contribution >= 4 is 28.7 Å². The van der Waals surface area contributed by atoms with E-state index in [2.05, 4.69) is 5.32 Å². The minimum absolute atomic E-state index is 0.000688. The molecule has 0 saturated carbocycles. The number of hydrogen-bond acceptors (Lipinski definition) is 3. The fraction of sp³-hybridized carbons (Fsp3) is 0.143. The second-order valence-corrected chi connectivity index (χ2v) is 4.59. The van der Waals surface area contributed by atoms with Crippen LogP contribution >= 0.6 is 11.6 Å². The summed E-state index contributed by atoms with van der Waals surface area (Å²) in [6.45, 7) is 1.95. The molecule has 0 amide bonds. The molecular formula is C14H14ClFN2O. The van der Waals surface area contributed by atoms with Gasteiger partial charge in [0.25, 0.3) is 0 Å². The average Bonchev–Trinajstić information content (AvgIpc) is 2.36. The number of anilines is 3. The molecule has 2 aromatic rings. The smallest absolute Gasteiger partial charge is 0.144 e. The molecule has 3 N–H and O–H groups in total. The van der Waals surface area contributed by atoms with Crippen LogP contribution in [0.4, 0.5) is 21.5 Å². The number of nitrogens with one attached hydrogen (secondary N) is 1. The SMILES string of the molecule is COc1ccc(C)cc1Nc1cc(F)c(Cl)cc1N. The Labute approximate surface area is 116 Å². The molecule has 2 rings (SSSR count). The zero-order chi connectivity index (χ0) is 14.0. The van der Waals surface area contributed by atoms with Crippen LogP contribution in [0.15, 0.2) is 30.3 Å². The molecule has 0 unspecified atom stereocenters. The van der Waals surface area contributed by atoms with E-state index in [0.29, 0.717) is 17.1 Å². The van der Waals surface area contributed by atoms with Crippen LogP contribution in [-0.4, -0.2) is 7.11 Å². The molecule has 3 nitrogen and oxygen atoms in total. The van der Waals surface area contributed by atoms with Gasteiger partial charge in [-0.25, -0.2) is 4.39 Å². The monoisotopic (exact) mass is 280 g/mol. The Morgan fingerprint density at radius 3 is 2.63 bits per heavy atom.